The first kappa shape index (κ1) is 26.5. The molecule has 5 rings (SSSR count). The van der Waals surface area contributed by atoms with E-state index in [1.807, 2.05) is 0 Å². The molecule has 2 aliphatic rings. The van der Waals surface area contributed by atoms with Gasteiger partial charge >= 0.3 is 6.18 Å². The van der Waals surface area contributed by atoms with Crippen molar-refractivity contribution in [1.82, 2.24) is 24.2 Å². The van der Waals surface area contributed by atoms with Gasteiger partial charge < -0.3 is 25.5 Å². The number of sulfonamides is 1. The molecule has 4 heterocycles. The summed E-state index contributed by atoms with van der Waals surface area (Å²) in [5, 5.41) is 2.53. The van der Waals surface area contributed by atoms with Crippen molar-refractivity contribution < 1.29 is 31.1 Å². The first-order valence-electron chi connectivity index (χ1n) is 12.1. The molecule has 0 aliphatic carbocycles. The highest BCUT2D eigenvalue weighted by molar-refractivity contribution is 7.89. The van der Waals surface area contributed by atoms with Crippen molar-refractivity contribution in [2.75, 3.05) is 57.6 Å². The molecular formula is C23H28F3N7O4S. The van der Waals surface area contributed by atoms with Crippen molar-refractivity contribution >= 4 is 38.5 Å². The number of H-pyrrole nitrogens is 1. The molecular weight excluding hydrogens is 527 g/mol. The van der Waals surface area contributed by atoms with E-state index in [2.05, 4.69) is 25.2 Å². The lowest BCUT2D eigenvalue weighted by molar-refractivity contribution is -0.136. The lowest BCUT2D eigenvalue weighted by Crippen LogP contribution is -2.50. The summed E-state index contributed by atoms with van der Waals surface area (Å²) in [5.74, 6) is -0.242. The minimum Gasteiger partial charge on any atom is -0.495 e. The summed E-state index contributed by atoms with van der Waals surface area (Å²) in [6, 6.07) is 4.66. The molecule has 15 heteroatoms. The summed E-state index contributed by atoms with van der Waals surface area (Å²) in [5.41, 5.74) is 5.07. The molecule has 0 amide bonds. The topological polar surface area (TPSA) is 139 Å². The van der Waals surface area contributed by atoms with Gasteiger partial charge in [0.05, 0.1) is 41.9 Å². The van der Waals surface area contributed by atoms with Gasteiger partial charge in [-0.15, -0.1) is 0 Å². The summed E-state index contributed by atoms with van der Waals surface area (Å²) >= 11 is 0. The first-order chi connectivity index (χ1) is 18.1. The second-order valence-electron chi connectivity index (χ2n) is 9.13. The van der Waals surface area contributed by atoms with Crippen LogP contribution in [0, 0.1) is 0 Å². The van der Waals surface area contributed by atoms with Crippen molar-refractivity contribution in [1.29, 1.82) is 0 Å². The second-order valence-corrected chi connectivity index (χ2v) is 11.1. The number of methoxy groups -OCH3 is 1. The minimum atomic E-state index is -4.62. The number of fused-ring (bicyclic) bond motifs is 1. The number of nitrogens with zero attached hydrogens (tertiary/aromatic N) is 4. The summed E-state index contributed by atoms with van der Waals surface area (Å²) in [6.07, 6.45) is -2.35. The molecule has 0 radical (unpaired) electrons. The van der Waals surface area contributed by atoms with Crippen LogP contribution in [0.25, 0.3) is 11.0 Å². The van der Waals surface area contributed by atoms with Crippen molar-refractivity contribution in [2.45, 2.75) is 30.0 Å². The standard InChI is InChI=1S/C23H28F3N7O4S/c1-36-18-12-15(38(34,35)33-6-4-14(5-7-33)32-8-10-37-11-9-32)2-3-17(18)29-22-30-20(27)19-16(23(24,25)26)13-28-21(19)31-22/h2-3,12-14H,4-11H2,1H3,(H4,27,28,29,30,31). The highest BCUT2D eigenvalue weighted by atomic mass is 32.2. The summed E-state index contributed by atoms with van der Waals surface area (Å²) < 4.78 is 78.7. The molecule has 0 bridgehead atoms. The molecule has 2 saturated heterocycles. The van der Waals surface area contributed by atoms with Crippen LogP contribution in [0.4, 0.5) is 30.6 Å². The molecule has 0 atom stereocenters. The molecule has 0 saturated carbocycles. The van der Waals surface area contributed by atoms with Crippen molar-refractivity contribution in [3.63, 3.8) is 0 Å². The number of anilines is 3. The van der Waals surface area contributed by atoms with Crippen LogP contribution in [0.15, 0.2) is 29.3 Å². The lowest BCUT2D eigenvalue weighted by Gasteiger charge is -2.39. The van der Waals surface area contributed by atoms with E-state index in [1.54, 1.807) is 0 Å². The summed E-state index contributed by atoms with van der Waals surface area (Å²) in [7, 11) is -2.39. The Balaban J connectivity index is 1.33. The van der Waals surface area contributed by atoms with Crippen LogP contribution in [0.5, 0.6) is 5.75 Å². The van der Waals surface area contributed by atoms with Crippen molar-refractivity contribution in [3.05, 3.63) is 30.0 Å². The Morgan fingerprint density at radius 3 is 2.53 bits per heavy atom. The fourth-order valence-electron chi connectivity index (χ4n) is 4.94. The Bertz CT molecular complexity index is 1420. The van der Waals surface area contributed by atoms with Gasteiger partial charge in [-0.25, -0.2) is 8.42 Å². The van der Waals surface area contributed by atoms with Crippen LogP contribution in [-0.2, 0) is 20.9 Å². The summed E-state index contributed by atoms with van der Waals surface area (Å²) in [6.45, 7) is 3.94. The maximum atomic E-state index is 13.4. The molecule has 1 aromatic carbocycles. The van der Waals surface area contributed by atoms with Gasteiger partial charge in [-0.2, -0.15) is 27.4 Å². The quantitative estimate of drug-likeness (QED) is 0.419. The Kier molecular flexibility index (Phi) is 7.11. The third kappa shape index (κ3) is 5.10. The predicted molar refractivity (Wildman–Crippen MR) is 134 cm³/mol. The van der Waals surface area contributed by atoms with Crippen LogP contribution in [0.3, 0.4) is 0 Å². The van der Waals surface area contributed by atoms with Gasteiger partial charge in [0.15, 0.2) is 0 Å². The van der Waals surface area contributed by atoms with E-state index in [1.165, 1.54) is 29.6 Å². The zero-order valence-corrected chi connectivity index (χ0v) is 21.4. The number of halogens is 3. The van der Waals surface area contributed by atoms with Crippen LogP contribution >= 0.6 is 0 Å². The molecule has 38 heavy (non-hydrogen) atoms. The fourth-order valence-corrected chi connectivity index (χ4v) is 6.42. The summed E-state index contributed by atoms with van der Waals surface area (Å²) in [4.78, 5) is 12.9. The van der Waals surface area contributed by atoms with Gasteiger partial charge in [-0.05, 0) is 25.0 Å². The third-order valence-corrected chi connectivity index (χ3v) is 8.80. The van der Waals surface area contributed by atoms with Gasteiger partial charge in [0.25, 0.3) is 0 Å². The van der Waals surface area contributed by atoms with Crippen LogP contribution in [-0.4, -0.2) is 85.1 Å². The molecule has 0 unspecified atom stereocenters. The van der Waals surface area contributed by atoms with E-state index in [9.17, 15) is 21.6 Å². The van der Waals surface area contributed by atoms with Crippen LogP contribution in [0.2, 0.25) is 0 Å². The second kappa shape index (κ2) is 10.2. The molecule has 4 N–H and O–H groups in total. The first-order valence-corrected chi connectivity index (χ1v) is 13.5. The number of piperidine rings is 1. The van der Waals surface area contributed by atoms with Gasteiger partial charge in [0.1, 0.15) is 17.2 Å². The maximum absolute atomic E-state index is 13.4. The zero-order chi connectivity index (χ0) is 27.1. The number of nitrogens with one attached hydrogen (secondary N) is 2. The normalized spacial score (nSPS) is 18.6. The predicted octanol–water partition coefficient (Wildman–Crippen LogP) is 2.80. The average Bonchev–Trinajstić information content (AvgIpc) is 3.35. The van der Waals surface area contributed by atoms with Crippen LogP contribution in [0.1, 0.15) is 18.4 Å². The van der Waals surface area contributed by atoms with Gasteiger partial charge in [0.2, 0.25) is 16.0 Å². The Labute approximate surface area is 217 Å². The van der Waals surface area contributed by atoms with E-state index in [4.69, 9.17) is 15.2 Å². The molecule has 11 nitrogen and oxygen atoms in total. The number of morpholine rings is 1. The van der Waals surface area contributed by atoms with Gasteiger partial charge in [0, 0.05) is 44.5 Å². The van der Waals surface area contributed by atoms with Crippen molar-refractivity contribution in [2.24, 2.45) is 0 Å². The van der Waals surface area contributed by atoms with E-state index < -0.39 is 21.8 Å². The Morgan fingerprint density at radius 1 is 1.16 bits per heavy atom. The Morgan fingerprint density at radius 2 is 1.87 bits per heavy atom. The number of alkyl halides is 3. The monoisotopic (exact) mass is 555 g/mol. The molecule has 3 aromatic rings. The van der Waals surface area contributed by atoms with Crippen LogP contribution < -0.4 is 15.8 Å². The molecule has 2 fully saturated rings. The van der Waals surface area contributed by atoms with E-state index in [0.29, 0.717) is 38.0 Å². The smallest absolute Gasteiger partial charge is 0.418 e. The highest BCUT2D eigenvalue weighted by Gasteiger charge is 2.36. The van der Waals surface area contributed by atoms with E-state index >= 15 is 0 Å². The highest BCUT2D eigenvalue weighted by Crippen LogP contribution is 2.37. The molecule has 0 spiro atoms. The molecule has 2 aliphatic heterocycles. The van der Waals surface area contributed by atoms with E-state index in [-0.39, 0.29) is 33.4 Å². The number of nitrogen functional groups attached to an aromatic ring is 1. The van der Waals surface area contributed by atoms with Gasteiger partial charge in [-0.1, -0.05) is 0 Å². The number of hydrogen-bond acceptors (Lipinski definition) is 9. The number of rotatable bonds is 6. The number of aromatic amines is 1. The fraction of sp³-hybridized carbons (Fsp3) is 0.478. The zero-order valence-electron chi connectivity index (χ0n) is 20.6. The number of hydrogen-bond donors (Lipinski definition) is 3. The Hall–Kier alpha value is -3.14. The molecule has 206 valence electrons. The van der Waals surface area contributed by atoms with Gasteiger partial charge in [-0.3, -0.25) is 4.90 Å². The third-order valence-electron chi connectivity index (χ3n) is 6.91. The number of benzene rings is 1. The minimum absolute atomic E-state index is 0.0693. The number of ether oxygens (including phenoxy) is 2. The number of aromatic nitrogens is 3. The maximum Gasteiger partial charge on any atom is 0.418 e. The lowest BCUT2D eigenvalue weighted by atomic mass is 10.0. The SMILES string of the molecule is COc1cc(S(=O)(=O)N2CCC(N3CCOCC3)CC2)ccc1Nc1nc(N)c2c(C(F)(F)F)c[nH]c2n1. The van der Waals surface area contributed by atoms with Crippen molar-refractivity contribution in [3.8, 4) is 5.75 Å². The van der Waals surface area contributed by atoms with E-state index in [0.717, 1.165) is 32.1 Å². The number of nitrogens with two attached hydrogens (primary N) is 1. The largest absolute Gasteiger partial charge is 0.495 e. The average molecular weight is 556 g/mol. The molecule has 2 aromatic heterocycles.